The van der Waals surface area contributed by atoms with E-state index in [1.807, 2.05) is 0 Å². The van der Waals surface area contributed by atoms with Gasteiger partial charge in [-0.05, 0) is 30.9 Å². The average molecular weight is 281 g/mol. The van der Waals surface area contributed by atoms with Gasteiger partial charge in [0.15, 0.2) is 0 Å². The Hall–Kier alpha value is -1.69. The third-order valence-electron chi connectivity index (χ3n) is 3.98. The summed E-state index contributed by atoms with van der Waals surface area (Å²) < 4.78 is 13.2. The van der Waals surface area contributed by atoms with Crippen LogP contribution in [0.15, 0.2) is 18.2 Å². The molecule has 6 heteroatoms. The lowest BCUT2D eigenvalue weighted by atomic mass is 9.77. The van der Waals surface area contributed by atoms with Gasteiger partial charge in [-0.25, -0.2) is 4.39 Å². The molecule has 0 spiro atoms. The summed E-state index contributed by atoms with van der Waals surface area (Å²) in [4.78, 5) is 10.4. The van der Waals surface area contributed by atoms with Gasteiger partial charge in [-0.2, -0.15) is 0 Å². The Morgan fingerprint density at radius 2 is 2.30 bits per heavy atom. The van der Waals surface area contributed by atoms with Crippen LogP contribution in [0.25, 0.3) is 0 Å². The number of benzene rings is 1. The van der Waals surface area contributed by atoms with Crippen LogP contribution in [-0.2, 0) is 0 Å². The summed E-state index contributed by atoms with van der Waals surface area (Å²) in [7, 11) is 0. The standard InChI is InChI=1S/C14H20FN3O2/c1-14(2)6-3-7-16-13(14)9-17-11-8-10(15)4-5-12(11)18(19)20/h4-5,8,13,16-17H,3,6-7,9H2,1-2H3. The first-order valence-corrected chi connectivity index (χ1v) is 6.81. The van der Waals surface area contributed by atoms with Crippen molar-refractivity contribution in [2.45, 2.75) is 32.7 Å². The van der Waals surface area contributed by atoms with Gasteiger partial charge in [0, 0.05) is 24.7 Å². The van der Waals surface area contributed by atoms with E-state index in [0.717, 1.165) is 25.5 Å². The molecule has 0 amide bonds. The number of nitro benzene ring substituents is 1. The monoisotopic (exact) mass is 281 g/mol. The molecule has 1 aromatic rings. The van der Waals surface area contributed by atoms with Crippen LogP contribution >= 0.6 is 0 Å². The predicted molar refractivity (Wildman–Crippen MR) is 76.3 cm³/mol. The number of rotatable bonds is 4. The fraction of sp³-hybridized carbons (Fsp3) is 0.571. The maximum atomic E-state index is 13.2. The molecule has 1 aliphatic rings. The van der Waals surface area contributed by atoms with E-state index in [1.54, 1.807) is 0 Å². The molecule has 5 nitrogen and oxygen atoms in total. The third-order valence-corrected chi connectivity index (χ3v) is 3.98. The van der Waals surface area contributed by atoms with Gasteiger partial charge in [0.05, 0.1) is 4.92 Å². The smallest absolute Gasteiger partial charge is 0.292 e. The van der Waals surface area contributed by atoms with E-state index in [0.29, 0.717) is 6.54 Å². The molecule has 2 N–H and O–H groups in total. The Morgan fingerprint density at radius 1 is 1.55 bits per heavy atom. The molecule has 1 aromatic carbocycles. The fourth-order valence-electron chi connectivity index (χ4n) is 2.64. The summed E-state index contributed by atoms with van der Waals surface area (Å²) in [5, 5.41) is 17.4. The van der Waals surface area contributed by atoms with E-state index >= 15 is 0 Å². The molecule has 1 atom stereocenters. The molecule has 0 aliphatic carbocycles. The van der Waals surface area contributed by atoms with Gasteiger partial charge in [-0.3, -0.25) is 10.1 Å². The Kier molecular flexibility index (Phi) is 4.23. The van der Waals surface area contributed by atoms with Crippen molar-refractivity contribution in [2.24, 2.45) is 5.41 Å². The molecule has 2 rings (SSSR count). The lowest BCUT2D eigenvalue weighted by Crippen LogP contribution is -2.50. The van der Waals surface area contributed by atoms with Crippen molar-refractivity contribution in [2.75, 3.05) is 18.4 Å². The highest BCUT2D eigenvalue weighted by molar-refractivity contribution is 5.61. The number of nitro groups is 1. The van der Waals surface area contributed by atoms with Crippen LogP contribution in [0.2, 0.25) is 0 Å². The topological polar surface area (TPSA) is 67.2 Å². The predicted octanol–water partition coefficient (Wildman–Crippen LogP) is 2.92. The number of nitrogens with one attached hydrogen (secondary N) is 2. The largest absolute Gasteiger partial charge is 0.378 e. The minimum absolute atomic E-state index is 0.0972. The van der Waals surface area contributed by atoms with Gasteiger partial charge in [-0.15, -0.1) is 0 Å². The molecule has 0 radical (unpaired) electrons. The normalized spacial score (nSPS) is 21.4. The molecule has 0 aromatic heterocycles. The Balaban J connectivity index is 2.10. The Bertz CT molecular complexity index is 505. The Morgan fingerprint density at radius 3 is 2.95 bits per heavy atom. The maximum absolute atomic E-state index is 13.2. The van der Waals surface area contributed by atoms with Gasteiger partial charge in [0.25, 0.3) is 5.69 Å². The van der Waals surface area contributed by atoms with Gasteiger partial charge >= 0.3 is 0 Å². The van der Waals surface area contributed by atoms with E-state index in [1.165, 1.54) is 12.1 Å². The fourth-order valence-corrected chi connectivity index (χ4v) is 2.64. The number of halogens is 1. The second-order valence-corrected chi connectivity index (χ2v) is 5.90. The summed E-state index contributed by atoms with van der Waals surface area (Å²) >= 11 is 0. The molecule has 1 heterocycles. The van der Waals surface area contributed by atoms with E-state index < -0.39 is 10.7 Å². The van der Waals surface area contributed by atoms with Crippen LogP contribution in [0.3, 0.4) is 0 Å². The molecule has 110 valence electrons. The van der Waals surface area contributed by atoms with Gasteiger partial charge < -0.3 is 10.6 Å². The van der Waals surface area contributed by atoms with Gasteiger partial charge in [0.2, 0.25) is 0 Å². The zero-order valence-electron chi connectivity index (χ0n) is 11.8. The maximum Gasteiger partial charge on any atom is 0.292 e. The SMILES string of the molecule is CC1(C)CCCNC1CNc1cc(F)ccc1[N+](=O)[O-]. The van der Waals surface area contributed by atoms with Crippen molar-refractivity contribution < 1.29 is 9.31 Å². The summed E-state index contributed by atoms with van der Waals surface area (Å²) in [5.41, 5.74) is 0.256. The van der Waals surface area contributed by atoms with E-state index in [-0.39, 0.29) is 22.8 Å². The van der Waals surface area contributed by atoms with E-state index in [2.05, 4.69) is 24.5 Å². The van der Waals surface area contributed by atoms with Crippen molar-refractivity contribution in [1.82, 2.24) is 5.32 Å². The zero-order chi connectivity index (χ0) is 14.8. The number of anilines is 1. The molecule has 1 fully saturated rings. The molecule has 0 saturated carbocycles. The summed E-state index contributed by atoms with van der Waals surface area (Å²) in [5.74, 6) is -0.478. The van der Waals surface area contributed by atoms with Crippen molar-refractivity contribution >= 4 is 11.4 Å². The Labute approximate surface area is 117 Å². The highest BCUT2D eigenvalue weighted by Crippen LogP contribution is 2.31. The zero-order valence-corrected chi connectivity index (χ0v) is 11.8. The molecule has 1 aliphatic heterocycles. The third kappa shape index (κ3) is 3.25. The van der Waals surface area contributed by atoms with Crippen molar-refractivity contribution in [3.05, 3.63) is 34.1 Å². The number of piperidine rings is 1. The first kappa shape index (κ1) is 14.7. The molecular formula is C14H20FN3O2. The molecule has 20 heavy (non-hydrogen) atoms. The van der Waals surface area contributed by atoms with Crippen LogP contribution in [-0.4, -0.2) is 24.1 Å². The highest BCUT2D eigenvalue weighted by Gasteiger charge is 2.32. The van der Waals surface area contributed by atoms with Crippen LogP contribution in [0, 0.1) is 21.3 Å². The first-order chi connectivity index (χ1) is 9.40. The summed E-state index contributed by atoms with van der Waals surface area (Å²) in [6.45, 7) is 5.83. The molecule has 1 saturated heterocycles. The van der Waals surface area contributed by atoms with Crippen LogP contribution in [0.1, 0.15) is 26.7 Å². The summed E-state index contributed by atoms with van der Waals surface area (Å²) in [6.07, 6.45) is 2.24. The number of hydrogen-bond acceptors (Lipinski definition) is 4. The minimum atomic E-state index is -0.499. The number of hydrogen-bond donors (Lipinski definition) is 2. The van der Waals surface area contributed by atoms with Crippen molar-refractivity contribution in [1.29, 1.82) is 0 Å². The highest BCUT2D eigenvalue weighted by atomic mass is 19.1. The van der Waals surface area contributed by atoms with Crippen molar-refractivity contribution in [3.63, 3.8) is 0 Å². The van der Waals surface area contributed by atoms with Crippen LogP contribution in [0.4, 0.5) is 15.8 Å². The van der Waals surface area contributed by atoms with Crippen molar-refractivity contribution in [3.8, 4) is 0 Å². The van der Waals surface area contributed by atoms with E-state index in [9.17, 15) is 14.5 Å². The lowest BCUT2D eigenvalue weighted by Gasteiger charge is -2.39. The van der Waals surface area contributed by atoms with Gasteiger partial charge in [0.1, 0.15) is 11.5 Å². The molecular weight excluding hydrogens is 261 g/mol. The molecule has 1 unspecified atom stereocenters. The minimum Gasteiger partial charge on any atom is -0.378 e. The molecule has 0 bridgehead atoms. The average Bonchev–Trinajstić information content (AvgIpc) is 2.36. The van der Waals surface area contributed by atoms with Gasteiger partial charge in [-0.1, -0.05) is 13.8 Å². The van der Waals surface area contributed by atoms with Crippen LogP contribution < -0.4 is 10.6 Å². The summed E-state index contributed by atoms with van der Waals surface area (Å²) in [6, 6.07) is 3.68. The second kappa shape index (κ2) is 5.75. The number of nitrogens with zero attached hydrogens (tertiary/aromatic N) is 1. The lowest BCUT2D eigenvalue weighted by molar-refractivity contribution is -0.384. The quantitative estimate of drug-likeness (QED) is 0.658. The second-order valence-electron chi connectivity index (χ2n) is 5.90. The van der Waals surface area contributed by atoms with E-state index in [4.69, 9.17) is 0 Å². The van der Waals surface area contributed by atoms with Crippen LogP contribution in [0.5, 0.6) is 0 Å². The first-order valence-electron chi connectivity index (χ1n) is 6.81.